The molecule has 0 aromatic rings. The van der Waals surface area contributed by atoms with Crippen LogP contribution in [0.3, 0.4) is 0 Å². The molecule has 0 aliphatic carbocycles. The number of esters is 2. The lowest BCUT2D eigenvalue weighted by molar-refractivity contribution is -0.161. The van der Waals surface area contributed by atoms with E-state index in [1.165, 1.54) is 51.4 Å². The lowest BCUT2D eigenvalue weighted by atomic mass is 10.1. The summed E-state index contributed by atoms with van der Waals surface area (Å²) in [5.74, 6) is -0.937. The van der Waals surface area contributed by atoms with Crippen molar-refractivity contribution in [2.75, 3.05) is 13.2 Å². The van der Waals surface area contributed by atoms with Crippen LogP contribution in [0.15, 0.2) is 48.6 Å². The molecule has 9 heteroatoms. The highest BCUT2D eigenvalue weighted by Crippen LogP contribution is 2.35. The van der Waals surface area contributed by atoms with E-state index in [-0.39, 0.29) is 19.4 Å². The zero-order valence-electron chi connectivity index (χ0n) is 26.1. The van der Waals surface area contributed by atoms with E-state index in [9.17, 15) is 14.2 Å². The molecule has 0 aromatic heterocycles. The zero-order valence-corrected chi connectivity index (χ0v) is 27.0. The number of hydrogen-bond acceptors (Lipinski definition) is 6. The van der Waals surface area contributed by atoms with Gasteiger partial charge in [-0.3, -0.25) is 14.1 Å². The molecule has 1 atom stereocenters. The second-order valence-electron chi connectivity index (χ2n) is 10.5. The smallest absolute Gasteiger partial charge is 0.462 e. The number of ether oxygens (including phenoxy) is 2. The average molecular weight is 613 g/mol. The molecule has 0 bridgehead atoms. The highest BCUT2D eigenvalue weighted by molar-refractivity contribution is 7.46. The van der Waals surface area contributed by atoms with E-state index in [0.29, 0.717) is 6.42 Å². The van der Waals surface area contributed by atoms with Gasteiger partial charge >= 0.3 is 19.8 Å². The first-order chi connectivity index (χ1) is 20.3. The lowest BCUT2D eigenvalue weighted by Gasteiger charge is -2.18. The van der Waals surface area contributed by atoms with Crippen LogP contribution in [-0.2, 0) is 28.2 Å². The number of carbonyl (C=O) groups is 2. The van der Waals surface area contributed by atoms with E-state index in [4.69, 9.17) is 19.3 Å². The Balaban J connectivity index is 4.13. The summed E-state index contributed by atoms with van der Waals surface area (Å²) in [7, 11) is -4.75. The highest BCUT2D eigenvalue weighted by Gasteiger charge is 2.22. The number of hydrogen-bond donors (Lipinski definition) is 2. The molecule has 2 N–H and O–H groups in total. The van der Waals surface area contributed by atoms with E-state index >= 15 is 0 Å². The van der Waals surface area contributed by atoms with E-state index in [2.05, 4.69) is 30.5 Å². The van der Waals surface area contributed by atoms with Crippen molar-refractivity contribution in [1.29, 1.82) is 0 Å². The minimum absolute atomic E-state index is 0.165. The number of carbonyl (C=O) groups excluding carboxylic acids is 2. The topological polar surface area (TPSA) is 119 Å². The summed E-state index contributed by atoms with van der Waals surface area (Å²) in [4.78, 5) is 42.4. The molecule has 0 aliphatic rings. The number of phosphoric acid groups is 1. The Morgan fingerprint density at radius 2 is 1.14 bits per heavy atom. The molecule has 0 aromatic carbocycles. The fourth-order valence-corrected chi connectivity index (χ4v) is 4.45. The fourth-order valence-electron chi connectivity index (χ4n) is 4.09. The summed E-state index contributed by atoms with van der Waals surface area (Å²) in [6, 6.07) is 0. The maximum atomic E-state index is 12.3. The lowest BCUT2D eigenvalue weighted by Crippen LogP contribution is -2.29. The van der Waals surface area contributed by atoms with Gasteiger partial charge < -0.3 is 19.3 Å². The van der Waals surface area contributed by atoms with Gasteiger partial charge in [0.25, 0.3) is 0 Å². The normalized spacial score (nSPS) is 13.1. The largest absolute Gasteiger partial charge is 0.469 e. The predicted molar refractivity (Wildman–Crippen MR) is 170 cm³/mol. The molecular formula is C33H57O8P. The molecule has 42 heavy (non-hydrogen) atoms. The minimum atomic E-state index is -4.75. The quantitative estimate of drug-likeness (QED) is 0.0389. The number of unbranched alkanes of at least 4 members (excludes halogenated alkanes) is 13. The van der Waals surface area contributed by atoms with Crippen molar-refractivity contribution < 1.29 is 37.9 Å². The number of phosphoric ester groups is 1. The first-order valence-electron chi connectivity index (χ1n) is 16.0. The van der Waals surface area contributed by atoms with Crippen LogP contribution in [0.5, 0.6) is 0 Å². The maximum absolute atomic E-state index is 12.3. The van der Waals surface area contributed by atoms with Gasteiger partial charge in [-0.2, -0.15) is 0 Å². The minimum Gasteiger partial charge on any atom is -0.462 e. The second-order valence-corrected chi connectivity index (χ2v) is 11.7. The third-order valence-corrected chi connectivity index (χ3v) is 6.94. The third-order valence-electron chi connectivity index (χ3n) is 6.46. The van der Waals surface area contributed by atoms with E-state index in [0.717, 1.165) is 44.9 Å². The van der Waals surface area contributed by atoms with Crippen LogP contribution in [0.4, 0.5) is 0 Å². The molecular weight excluding hydrogens is 555 g/mol. The van der Waals surface area contributed by atoms with Crippen LogP contribution in [0.1, 0.15) is 129 Å². The molecule has 0 fully saturated rings. The third kappa shape index (κ3) is 31.0. The van der Waals surface area contributed by atoms with Gasteiger partial charge in [-0.05, 0) is 32.1 Å². The van der Waals surface area contributed by atoms with Crippen molar-refractivity contribution in [3.8, 4) is 0 Å². The Labute approximate surface area is 254 Å². The summed E-state index contributed by atoms with van der Waals surface area (Å²) in [6.07, 6.45) is 32.7. The van der Waals surface area contributed by atoms with E-state index < -0.39 is 32.5 Å². The Morgan fingerprint density at radius 3 is 1.71 bits per heavy atom. The van der Waals surface area contributed by atoms with Gasteiger partial charge in [0, 0.05) is 12.8 Å². The summed E-state index contributed by atoms with van der Waals surface area (Å²) in [6.45, 7) is 3.46. The number of rotatable bonds is 28. The van der Waals surface area contributed by atoms with Crippen LogP contribution in [0.25, 0.3) is 0 Å². The van der Waals surface area contributed by atoms with Crippen molar-refractivity contribution in [3.05, 3.63) is 48.6 Å². The van der Waals surface area contributed by atoms with Gasteiger partial charge in [0.1, 0.15) is 6.61 Å². The van der Waals surface area contributed by atoms with Crippen molar-refractivity contribution >= 4 is 19.8 Å². The Kier molecular flexibility index (Phi) is 27.7. The predicted octanol–water partition coefficient (Wildman–Crippen LogP) is 8.84. The average Bonchev–Trinajstić information content (AvgIpc) is 2.95. The summed E-state index contributed by atoms with van der Waals surface area (Å²) < 4.78 is 26.1. The van der Waals surface area contributed by atoms with E-state index in [1.807, 2.05) is 36.5 Å². The van der Waals surface area contributed by atoms with Crippen LogP contribution in [0, 0.1) is 0 Å². The van der Waals surface area contributed by atoms with Crippen LogP contribution >= 0.6 is 7.82 Å². The SMILES string of the molecule is CC/C=C/C=C/C=C/C=C/CCCCCC(=O)OC(COC(=O)CCCCCCCCCCCCC)COP(=O)(O)O. The molecule has 0 radical (unpaired) electrons. The zero-order chi connectivity index (χ0) is 31.2. The molecule has 0 spiro atoms. The highest BCUT2D eigenvalue weighted by atomic mass is 31.2. The van der Waals surface area contributed by atoms with Crippen molar-refractivity contribution in [1.82, 2.24) is 0 Å². The maximum Gasteiger partial charge on any atom is 0.469 e. The Bertz CT molecular complexity index is 828. The van der Waals surface area contributed by atoms with Gasteiger partial charge in [0.05, 0.1) is 6.61 Å². The van der Waals surface area contributed by atoms with Crippen LogP contribution in [0.2, 0.25) is 0 Å². The van der Waals surface area contributed by atoms with E-state index in [1.54, 1.807) is 0 Å². The van der Waals surface area contributed by atoms with Gasteiger partial charge in [-0.1, -0.05) is 133 Å². The molecule has 1 unspecified atom stereocenters. The monoisotopic (exact) mass is 612 g/mol. The van der Waals surface area contributed by atoms with Gasteiger partial charge in [0.15, 0.2) is 6.10 Å². The van der Waals surface area contributed by atoms with Crippen molar-refractivity contribution in [2.45, 2.75) is 136 Å². The van der Waals surface area contributed by atoms with Crippen molar-refractivity contribution in [3.63, 3.8) is 0 Å². The van der Waals surface area contributed by atoms with Crippen LogP contribution in [-0.4, -0.2) is 41.0 Å². The van der Waals surface area contributed by atoms with Gasteiger partial charge in [-0.25, -0.2) is 4.57 Å². The molecule has 242 valence electrons. The summed E-state index contributed by atoms with van der Waals surface area (Å²) in [5, 5.41) is 0. The summed E-state index contributed by atoms with van der Waals surface area (Å²) in [5.41, 5.74) is 0. The molecule has 0 saturated heterocycles. The first-order valence-corrected chi connectivity index (χ1v) is 17.5. The second kappa shape index (κ2) is 29.1. The van der Waals surface area contributed by atoms with Gasteiger partial charge in [0.2, 0.25) is 0 Å². The van der Waals surface area contributed by atoms with Crippen LogP contribution < -0.4 is 0 Å². The molecule has 0 amide bonds. The fraction of sp³-hybridized carbons (Fsp3) is 0.697. The standard InChI is InChI=1S/C33H57O8P/c1-3-5-7-9-11-13-15-16-18-20-22-24-26-28-33(35)41-31(30-40-42(36,37)38)29-39-32(34)27-25-23-21-19-17-14-12-10-8-6-4-2/h5,7,9,11,13,15-16,18,31H,3-4,6,8,10,12,14,17,19-30H2,1-2H3,(H2,36,37,38)/b7-5+,11-9+,15-13+,18-16+. The molecule has 0 aliphatic heterocycles. The Morgan fingerprint density at radius 1 is 0.643 bits per heavy atom. The molecule has 0 heterocycles. The molecule has 0 saturated carbocycles. The summed E-state index contributed by atoms with van der Waals surface area (Å²) >= 11 is 0. The van der Waals surface area contributed by atoms with Crippen molar-refractivity contribution in [2.24, 2.45) is 0 Å². The Hall–Kier alpha value is -1.99. The number of allylic oxidation sites excluding steroid dienone is 8. The molecule has 8 nitrogen and oxygen atoms in total. The first kappa shape index (κ1) is 40.0. The van der Waals surface area contributed by atoms with Gasteiger partial charge in [-0.15, -0.1) is 0 Å². The molecule has 0 rings (SSSR count).